The Kier molecular flexibility index (Phi) is 7.77. The highest BCUT2D eigenvalue weighted by Crippen LogP contribution is 2.52. The van der Waals surface area contributed by atoms with Crippen LogP contribution in [0.2, 0.25) is 5.02 Å². The lowest BCUT2D eigenvalue weighted by Crippen LogP contribution is -2.47. The van der Waals surface area contributed by atoms with Crippen molar-refractivity contribution in [1.82, 2.24) is 20.5 Å². The summed E-state index contributed by atoms with van der Waals surface area (Å²) in [4.78, 5) is 43.9. The number of ether oxygens (including phenoxy) is 2. The lowest BCUT2D eigenvalue weighted by molar-refractivity contribution is -0.124. The summed E-state index contributed by atoms with van der Waals surface area (Å²) in [6, 6.07) is 4.04. The van der Waals surface area contributed by atoms with Gasteiger partial charge >= 0.3 is 0 Å². The molecule has 11 heteroatoms. The standard InChI is InChI=1S/C31H39ClN4O5S/c1-17-11-24(42-4)22(29(39)35-17)14-33-28(38)21-12-23(32)27-26(18(21)2)40-30(3,41-27)19-5-7-20(8-6-19)36-10-9-31(16-36)13-25(37)34-15-31/h11-12,19-20H,5-10,13-16H2,1-4H3,(H,33,38)(H,34,37)(H,35,39)/t19?,20?,30-,31?/m0/s1. The summed E-state index contributed by atoms with van der Waals surface area (Å²) in [6.07, 6.45) is 7.67. The Labute approximate surface area is 255 Å². The maximum absolute atomic E-state index is 13.3. The van der Waals surface area contributed by atoms with Gasteiger partial charge in [-0.2, -0.15) is 0 Å². The van der Waals surface area contributed by atoms with Crippen molar-refractivity contribution in [2.24, 2.45) is 11.3 Å². The van der Waals surface area contributed by atoms with Gasteiger partial charge in [-0.05, 0) is 70.9 Å². The van der Waals surface area contributed by atoms with Crippen molar-refractivity contribution in [3.05, 3.63) is 49.9 Å². The van der Waals surface area contributed by atoms with Gasteiger partial charge in [0.2, 0.25) is 5.91 Å². The number of hydrogen-bond acceptors (Lipinski definition) is 7. The molecule has 0 radical (unpaired) electrons. The summed E-state index contributed by atoms with van der Waals surface area (Å²) in [5.41, 5.74) is 2.26. The molecule has 1 aromatic carbocycles. The van der Waals surface area contributed by atoms with Crippen LogP contribution in [0.1, 0.15) is 72.6 Å². The van der Waals surface area contributed by atoms with Crippen LogP contribution in [0.25, 0.3) is 0 Å². The van der Waals surface area contributed by atoms with Crippen LogP contribution in [0.5, 0.6) is 11.5 Å². The van der Waals surface area contributed by atoms with Crippen LogP contribution in [0.3, 0.4) is 0 Å². The molecular formula is C31H39ClN4O5S. The zero-order chi connectivity index (χ0) is 29.8. The number of thioether (sulfide) groups is 1. The van der Waals surface area contributed by atoms with Gasteiger partial charge in [0.05, 0.1) is 5.02 Å². The molecule has 2 amide bonds. The fraction of sp³-hybridized carbons (Fsp3) is 0.581. The van der Waals surface area contributed by atoms with E-state index in [0.29, 0.717) is 45.7 Å². The number of hydrogen-bond donors (Lipinski definition) is 3. The van der Waals surface area contributed by atoms with Gasteiger partial charge < -0.3 is 25.1 Å². The van der Waals surface area contributed by atoms with Gasteiger partial charge in [0.1, 0.15) is 0 Å². The summed E-state index contributed by atoms with van der Waals surface area (Å²) >= 11 is 8.14. The number of aryl methyl sites for hydroxylation is 1. The van der Waals surface area contributed by atoms with Gasteiger partial charge in [0.25, 0.3) is 17.3 Å². The molecule has 6 rings (SSSR count). The summed E-state index contributed by atoms with van der Waals surface area (Å²) in [7, 11) is 0. The molecule has 0 bridgehead atoms. The highest BCUT2D eigenvalue weighted by molar-refractivity contribution is 7.98. The van der Waals surface area contributed by atoms with Gasteiger partial charge in [-0.1, -0.05) is 11.6 Å². The van der Waals surface area contributed by atoms with E-state index in [1.54, 1.807) is 6.07 Å². The van der Waals surface area contributed by atoms with E-state index in [1.165, 1.54) is 11.8 Å². The molecule has 2 aromatic rings. The zero-order valence-electron chi connectivity index (χ0n) is 24.7. The third-order valence-electron chi connectivity index (χ3n) is 9.79. The first-order valence-corrected chi connectivity index (χ1v) is 16.4. The molecule has 226 valence electrons. The molecule has 1 unspecified atom stereocenters. The maximum Gasteiger partial charge on any atom is 0.254 e. The Morgan fingerprint density at radius 3 is 2.60 bits per heavy atom. The second-order valence-corrected chi connectivity index (χ2v) is 13.9. The molecule has 42 heavy (non-hydrogen) atoms. The summed E-state index contributed by atoms with van der Waals surface area (Å²) < 4.78 is 12.9. The predicted octanol–water partition coefficient (Wildman–Crippen LogP) is 4.56. The number of nitrogens with zero attached hydrogens (tertiary/aromatic N) is 1. The number of nitrogens with one attached hydrogen (secondary N) is 3. The number of halogens is 1. The quantitative estimate of drug-likeness (QED) is 0.409. The second-order valence-electron chi connectivity index (χ2n) is 12.6. The topological polar surface area (TPSA) is 113 Å². The Balaban J connectivity index is 1.11. The molecule has 1 aromatic heterocycles. The number of carbonyl (C=O) groups is 2. The van der Waals surface area contributed by atoms with E-state index in [4.69, 9.17) is 21.1 Å². The van der Waals surface area contributed by atoms with Gasteiger partial charge in [-0.3, -0.25) is 19.3 Å². The third kappa shape index (κ3) is 5.30. The number of carbonyl (C=O) groups excluding carboxylic acids is 2. The number of aromatic nitrogens is 1. The number of rotatable bonds is 6. The fourth-order valence-electron chi connectivity index (χ4n) is 7.33. The minimum absolute atomic E-state index is 0.0992. The second kappa shape index (κ2) is 11.1. The van der Waals surface area contributed by atoms with Crippen molar-refractivity contribution in [3.63, 3.8) is 0 Å². The van der Waals surface area contributed by atoms with Crippen LogP contribution in [0.15, 0.2) is 21.8 Å². The molecule has 1 spiro atoms. The van der Waals surface area contributed by atoms with Crippen molar-refractivity contribution < 1.29 is 19.1 Å². The molecule has 9 nitrogen and oxygen atoms in total. The monoisotopic (exact) mass is 614 g/mol. The highest BCUT2D eigenvalue weighted by Gasteiger charge is 2.50. The van der Waals surface area contributed by atoms with Crippen molar-refractivity contribution in [1.29, 1.82) is 0 Å². The smallest absolute Gasteiger partial charge is 0.254 e. The first kappa shape index (κ1) is 29.4. The fourth-order valence-corrected chi connectivity index (χ4v) is 8.27. The minimum atomic E-state index is -0.868. The third-order valence-corrected chi connectivity index (χ3v) is 10.9. The first-order valence-electron chi connectivity index (χ1n) is 14.8. The van der Waals surface area contributed by atoms with E-state index in [-0.39, 0.29) is 35.3 Å². The molecule has 4 heterocycles. The number of amides is 2. The molecule has 4 aliphatic rings. The van der Waals surface area contributed by atoms with Crippen molar-refractivity contribution in [2.75, 3.05) is 25.9 Å². The first-order chi connectivity index (χ1) is 20.0. The van der Waals surface area contributed by atoms with E-state index in [2.05, 4.69) is 20.5 Å². The molecule has 3 aliphatic heterocycles. The number of fused-ring (bicyclic) bond motifs is 1. The summed E-state index contributed by atoms with van der Waals surface area (Å²) in [5, 5.41) is 6.25. The Bertz CT molecular complexity index is 1490. The number of H-pyrrole nitrogens is 1. The van der Waals surface area contributed by atoms with E-state index in [0.717, 1.165) is 62.3 Å². The molecule has 3 fully saturated rings. The number of aromatic amines is 1. The van der Waals surface area contributed by atoms with Crippen molar-refractivity contribution >= 4 is 35.2 Å². The molecular weight excluding hydrogens is 576 g/mol. The maximum atomic E-state index is 13.3. The normalized spacial score (nSPS) is 28.8. The minimum Gasteiger partial charge on any atom is -0.448 e. The average Bonchev–Trinajstić information content (AvgIpc) is 3.67. The number of benzene rings is 1. The van der Waals surface area contributed by atoms with Gasteiger partial charge in [-0.25, -0.2) is 0 Å². The molecule has 3 N–H and O–H groups in total. The van der Waals surface area contributed by atoms with E-state index in [1.807, 2.05) is 33.1 Å². The van der Waals surface area contributed by atoms with Crippen molar-refractivity contribution in [3.8, 4) is 11.5 Å². The van der Waals surface area contributed by atoms with E-state index < -0.39 is 5.79 Å². The van der Waals surface area contributed by atoms with Crippen LogP contribution in [0.4, 0.5) is 0 Å². The Morgan fingerprint density at radius 1 is 1.17 bits per heavy atom. The van der Waals surface area contributed by atoms with Crippen LogP contribution < -0.4 is 25.7 Å². The van der Waals surface area contributed by atoms with Crippen LogP contribution in [-0.4, -0.2) is 59.4 Å². The average molecular weight is 615 g/mol. The van der Waals surface area contributed by atoms with Gasteiger partial charge in [0.15, 0.2) is 11.5 Å². The Morgan fingerprint density at radius 2 is 1.90 bits per heavy atom. The van der Waals surface area contributed by atoms with Crippen LogP contribution >= 0.6 is 23.4 Å². The SMILES string of the molecule is CSc1cc(C)[nH]c(=O)c1CNC(=O)c1cc(Cl)c2c(c1C)O[C@](C)(C1CCC(N3CCC4(CNC(=O)C4)C3)CC1)O2. The largest absolute Gasteiger partial charge is 0.448 e. The molecule has 2 atom stereocenters. The number of pyridine rings is 1. The van der Waals surface area contributed by atoms with E-state index in [9.17, 15) is 14.4 Å². The summed E-state index contributed by atoms with van der Waals surface area (Å²) in [6.45, 7) is 8.60. The molecule has 1 aliphatic carbocycles. The zero-order valence-corrected chi connectivity index (χ0v) is 26.2. The lowest BCUT2D eigenvalue weighted by Gasteiger charge is -2.40. The Hall–Kier alpha value is -2.69. The molecule has 2 saturated heterocycles. The van der Waals surface area contributed by atoms with Crippen molar-refractivity contribution in [2.45, 2.75) is 82.6 Å². The van der Waals surface area contributed by atoms with Gasteiger partial charge in [-0.15, -0.1) is 11.8 Å². The summed E-state index contributed by atoms with van der Waals surface area (Å²) in [5.74, 6) is 0.158. The lowest BCUT2D eigenvalue weighted by atomic mass is 9.80. The number of likely N-dealkylation sites (tertiary alicyclic amines) is 1. The van der Waals surface area contributed by atoms with Gasteiger partial charge in [0, 0.05) is 77.6 Å². The molecule has 1 saturated carbocycles. The highest BCUT2D eigenvalue weighted by atomic mass is 35.5. The predicted molar refractivity (Wildman–Crippen MR) is 163 cm³/mol. The van der Waals surface area contributed by atoms with E-state index >= 15 is 0 Å². The van der Waals surface area contributed by atoms with Crippen LogP contribution in [-0.2, 0) is 11.3 Å². The van der Waals surface area contributed by atoms with Crippen LogP contribution in [0, 0.1) is 25.2 Å².